The number of guanidine groups is 1. The van der Waals surface area contributed by atoms with E-state index in [4.69, 9.17) is 5.73 Å². The predicted molar refractivity (Wildman–Crippen MR) is 60.0 cm³/mol. The minimum absolute atomic E-state index is 0.247. The molecule has 0 saturated carbocycles. The van der Waals surface area contributed by atoms with Gasteiger partial charge in [0.2, 0.25) is 0 Å². The monoisotopic (exact) mass is 209 g/mol. The minimum atomic E-state index is -0.247. The van der Waals surface area contributed by atoms with Crippen molar-refractivity contribution in [2.45, 2.75) is 19.9 Å². The van der Waals surface area contributed by atoms with Crippen LogP contribution in [0.2, 0.25) is 0 Å². The summed E-state index contributed by atoms with van der Waals surface area (Å²) in [5.74, 6) is 0.156. The van der Waals surface area contributed by atoms with Crippen molar-refractivity contribution in [3.05, 3.63) is 35.6 Å². The molecule has 0 aliphatic rings. The second kappa shape index (κ2) is 6.01. The summed E-state index contributed by atoms with van der Waals surface area (Å²) in [4.78, 5) is 4.09. The third kappa shape index (κ3) is 4.44. The van der Waals surface area contributed by atoms with Crippen molar-refractivity contribution in [1.82, 2.24) is 5.32 Å². The number of nitrogens with one attached hydrogen (secondary N) is 1. The molecule has 0 bridgehead atoms. The molecule has 0 aliphatic heterocycles. The van der Waals surface area contributed by atoms with Crippen LogP contribution in [0.5, 0.6) is 0 Å². The molecular formula is C11H16FN3. The molecule has 3 N–H and O–H groups in total. The van der Waals surface area contributed by atoms with Crippen LogP contribution < -0.4 is 11.1 Å². The van der Waals surface area contributed by atoms with Gasteiger partial charge >= 0.3 is 0 Å². The topological polar surface area (TPSA) is 50.4 Å². The second-order valence-electron chi connectivity index (χ2n) is 3.26. The van der Waals surface area contributed by atoms with Crippen LogP contribution in [0.3, 0.4) is 0 Å². The van der Waals surface area contributed by atoms with Crippen LogP contribution in [0.15, 0.2) is 29.3 Å². The van der Waals surface area contributed by atoms with Crippen molar-refractivity contribution in [2.24, 2.45) is 10.7 Å². The molecule has 0 saturated heterocycles. The summed E-state index contributed by atoms with van der Waals surface area (Å²) in [6, 6.07) is 6.35. The van der Waals surface area contributed by atoms with Crippen LogP contribution in [-0.4, -0.2) is 12.5 Å². The summed E-state index contributed by atoms with van der Waals surface area (Å²) in [6.45, 7) is 3.26. The lowest BCUT2D eigenvalue weighted by Gasteiger charge is -2.03. The number of nitrogens with zero attached hydrogens (tertiary/aromatic N) is 1. The van der Waals surface area contributed by atoms with Gasteiger partial charge in [-0.1, -0.05) is 19.1 Å². The molecule has 0 fully saturated rings. The van der Waals surface area contributed by atoms with Gasteiger partial charge in [0.15, 0.2) is 5.96 Å². The SMILES string of the molecule is CCCNC(N)=NCc1cccc(F)c1. The Morgan fingerprint density at radius 2 is 2.33 bits per heavy atom. The summed E-state index contributed by atoms with van der Waals surface area (Å²) in [7, 11) is 0. The molecule has 3 nitrogen and oxygen atoms in total. The van der Waals surface area contributed by atoms with E-state index >= 15 is 0 Å². The van der Waals surface area contributed by atoms with Gasteiger partial charge in [-0.2, -0.15) is 0 Å². The molecule has 82 valence electrons. The molecule has 0 radical (unpaired) electrons. The van der Waals surface area contributed by atoms with Gasteiger partial charge in [0.05, 0.1) is 6.54 Å². The average molecular weight is 209 g/mol. The van der Waals surface area contributed by atoms with E-state index in [1.54, 1.807) is 6.07 Å². The third-order valence-electron chi connectivity index (χ3n) is 1.88. The molecule has 1 rings (SSSR count). The van der Waals surface area contributed by atoms with E-state index in [0.29, 0.717) is 12.5 Å². The summed E-state index contributed by atoms with van der Waals surface area (Å²) >= 11 is 0. The Labute approximate surface area is 89.2 Å². The number of aliphatic imine (C=N–C) groups is 1. The van der Waals surface area contributed by atoms with Crippen LogP contribution in [0, 0.1) is 5.82 Å². The zero-order valence-corrected chi connectivity index (χ0v) is 8.83. The Hall–Kier alpha value is -1.58. The normalized spacial score (nSPS) is 11.5. The first-order valence-electron chi connectivity index (χ1n) is 5.00. The first kappa shape index (κ1) is 11.5. The molecular weight excluding hydrogens is 193 g/mol. The fourth-order valence-electron chi connectivity index (χ4n) is 1.12. The van der Waals surface area contributed by atoms with Crippen molar-refractivity contribution < 1.29 is 4.39 Å². The molecule has 0 unspecified atom stereocenters. The van der Waals surface area contributed by atoms with E-state index in [0.717, 1.165) is 18.5 Å². The summed E-state index contributed by atoms with van der Waals surface area (Å²) in [5.41, 5.74) is 6.41. The number of hydrogen-bond donors (Lipinski definition) is 2. The van der Waals surface area contributed by atoms with Gasteiger partial charge in [0, 0.05) is 6.54 Å². The number of benzene rings is 1. The first-order valence-corrected chi connectivity index (χ1v) is 5.00. The van der Waals surface area contributed by atoms with E-state index in [1.807, 2.05) is 13.0 Å². The quantitative estimate of drug-likeness (QED) is 0.585. The number of nitrogens with two attached hydrogens (primary N) is 1. The lowest BCUT2D eigenvalue weighted by atomic mass is 10.2. The van der Waals surface area contributed by atoms with E-state index < -0.39 is 0 Å². The Balaban J connectivity index is 2.48. The molecule has 0 atom stereocenters. The van der Waals surface area contributed by atoms with Gasteiger partial charge in [-0.05, 0) is 24.1 Å². The van der Waals surface area contributed by atoms with E-state index in [9.17, 15) is 4.39 Å². The zero-order chi connectivity index (χ0) is 11.1. The highest BCUT2D eigenvalue weighted by atomic mass is 19.1. The Morgan fingerprint density at radius 3 is 3.00 bits per heavy atom. The Morgan fingerprint density at radius 1 is 1.53 bits per heavy atom. The predicted octanol–water partition coefficient (Wildman–Crippen LogP) is 1.64. The van der Waals surface area contributed by atoms with Crippen molar-refractivity contribution in [3.63, 3.8) is 0 Å². The van der Waals surface area contributed by atoms with Gasteiger partial charge in [-0.15, -0.1) is 0 Å². The van der Waals surface area contributed by atoms with E-state index in [-0.39, 0.29) is 5.82 Å². The highest BCUT2D eigenvalue weighted by molar-refractivity contribution is 5.77. The molecule has 0 aliphatic carbocycles. The van der Waals surface area contributed by atoms with Gasteiger partial charge in [-0.25, -0.2) is 9.38 Å². The Bertz CT molecular complexity index is 336. The van der Waals surface area contributed by atoms with E-state index in [1.165, 1.54) is 12.1 Å². The van der Waals surface area contributed by atoms with Gasteiger partial charge in [-0.3, -0.25) is 0 Å². The molecule has 15 heavy (non-hydrogen) atoms. The standard InChI is InChI=1S/C11H16FN3/c1-2-6-14-11(13)15-8-9-4-3-5-10(12)7-9/h3-5,7H,2,6,8H2,1H3,(H3,13,14,15). The van der Waals surface area contributed by atoms with Crippen LogP contribution in [0.25, 0.3) is 0 Å². The average Bonchev–Trinajstić information content (AvgIpc) is 2.23. The number of halogens is 1. The molecule has 1 aromatic rings. The Kier molecular flexibility index (Phi) is 4.60. The van der Waals surface area contributed by atoms with Crippen LogP contribution in [-0.2, 0) is 6.54 Å². The lowest BCUT2D eigenvalue weighted by molar-refractivity contribution is 0.625. The van der Waals surface area contributed by atoms with E-state index in [2.05, 4.69) is 10.3 Å². The lowest BCUT2D eigenvalue weighted by Crippen LogP contribution is -2.32. The smallest absolute Gasteiger partial charge is 0.188 e. The third-order valence-corrected chi connectivity index (χ3v) is 1.88. The van der Waals surface area contributed by atoms with Crippen molar-refractivity contribution in [1.29, 1.82) is 0 Å². The van der Waals surface area contributed by atoms with Crippen molar-refractivity contribution in [3.8, 4) is 0 Å². The maximum atomic E-state index is 12.8. The largest absolute Gasteiger partial charge is 0.370 e. The highest BCUT2D eigenvalue weighted by Gasteiger charge is 1.94. The molecule has 0 aromatic heterocycles. The maximum Gasteiger partial charge on any atom is 0.188 e. The minimum Gasteiger partial charge on any atom is -0.370 e. The number of hydrogen-bond acceptors (Lipinski definition) is 1. The highest BCUT2D eigenvalue weighted by Crippen LogP contribution is 2.04. The molecule has 0 spiro atoms. The maximum absolute atomic E-state index is 12.8. The van der Waals surface area contributed by atoms with Crippen LogP contribution in [0.4, 0.5) is 4.39 Å². The van der Waals surface area contributed by atoms with Gasteiger partial charge in [0.25, 0.3) is 0 Å². The summed E-state index contributed by atoms with van der Waals surface area (Å²) in [5, 5.41) is 2.95. The van der Waals surface area contributed by atoms with Gasteiger partial charge < -0.3 is 11.1 Å². The molecule has 0 heterocycles. The second-order valence-corrected chi connectivity index (χ2v) is 3.26. The first-order chi connectivity index (χ1) is 7.22. The van der Waals surface area contributed by atoms with Gasteiger partial charge in [0.1, 0.15) is 5.82 Å². The molecule has 1 aromatic carbocycles. The zero-order valence-electron chi connectivity index (χ0n) is 8.83. The summed E-state index contributed by atoms with van der Waals surface area (Å²) < 4.78 is 12.8. The molecule has 0 amide bonds. The van der Waals surface area contributed by atoms with Crippen LogP contribution in [0.1, 0.15) is 18.9 Å². The fraction of sp³-hybridized carbons (Fsp3) is 0.364. The number of rotatable bonds is 4. The van der Waals surface area contributed by atoms with Crippen molar-refractivity contribution in [2.75, 3.05) is 6.54 Å². The summed E-state index contributed by atoms with van der Waals surface area (Å²) in [6.07, 6.45) is 0.996. The van der Waals surface area contributed by atoms with Crippen molar-refractivity contribution >= 4 is 5.96 Å². The fourth-order valence-corrected chi connectivity index (χ4v) is 1.12. The van der Waals surface area contributed by atoms with Crippen LogP contribution >= 0.6 is 0 Å². The molecule has 4 heteroatoms.